The Kier molecular flexibility index (Phi) is 16.3. The maximum atomic E-state index is 12.6. The quantitative estimate of drug-likeness (QED) is 0.125. The number of aromatic nitrogens is 6. The Hall–Kier alpha value is -4.09. The van der Waals surface area contributed by atoms with Crippen LogP contribution in [0.3, 0.4) is 0 Å². The van der Waals surface area contributed by atoms with Crippen LogP contribution in [0.15, 0.2) is 52.5 Å². The minimum atomic E-state index is -4.92. The smallest absolute Gasteiger partial charge is 0.394 e. The monoisotopic (exact) mass is 959 g/mol. The molecule has 3 aliphatic heterocycles. The number of hydrogen-bond acceptors (Lipinski definition) is 16. The largest absolute Gasteiger partial charge is 0.423 e. The number of nitrogens with zero attached hydrogens (tertiary/aromatic N) is 4. The van der Waals surface area contributed by atoms with Crippen molar-refractivity contribution in [3.05, 3.63) is 97.4 Å². The average Bonchev–Trinajstić information content (AvgIpc) is 3.85. The Morgan fingerprint density at radius 1 is 0.707 bits per heavy atom. The molecule has 0 bridgehead atoms. The van der Waals surface area contributed by atoms with Crippen molar-refractivity contribution in [2.75, 3.05) is 25.6 Å². The molecule has 3 fully saturated rings. The summed E-state index contributed by atoms with van der Waals surface area (Å²) in [6.07, 6.45) is -6.07. The standard InChI is InChI=1S/C11H14BrN3O4.C11H13BrN2O5.C10H11F3N2O5/c12-2-1-6-4-15(11(18)14-10(6)13)9-3-7(17)8(5-16)19-9;12-2-1-6-4-14(11(18)13-10(6)17)9-3-7(16)8(5-15)19-9;11-10(12,13)4-2-15(9(19)14-8(4)18)7-1-5(17)6(3-16)20-7/h1-2,4,7-9,16-17H,3,5H2,(H2,13,14,18);1-2,4,7-9,15-16H,3,5H2,(H,13,17,18);2,5-7,16-17H,1,3H2,(H,14,18,19)/b2*2-1+;/t2*7-,8+,9+;5-,6+,7+/m000/s1. The summed E-state index contributed by atoms with van der Waals surface area (Å²) in [5, 5.41) is 55.7. The average molecular weight is 961 g/mol. The van der Waals surface area contributed by atoms with Gasteiger partial charge in [0.1, 0.15) is 48.4 Å². The molecular weight excluding hydrogens is 923 g/mol. The highest BCUT2D eigenvalue weighted by Gasteiger charge is 2.39. The van der Waals surface area contributed by atoms with Crippen LogP contribution in [-0.4, -0.2) is 116 Å². The topological polar surface area (TPSA) is 320 Å². The first-order valence-corrected chi connectivity index (χ1v) is 18.7. The van der Waals surface area contributed by atoms with Crippen molar-refractivity contribution in [3.63, 3.8) is 0 Å². The van der Waals surface area contributed by atoms with Gasteiger partial charge in [0.05, 0.1) is 43.7 Å². The first kappa shape index (κ1) is 46.6. The van der Waals surface area contributed by atoms with Crippen LogP contribution in [0, 0.1) is 0 Å². The van der Waals surface area contributed by atoms with Gasteiger partial charge in [-0.2, -0.15) is 18.2 Å². The Labute approximate surface area is 339 Å². The van der Waals surface area contributed by atoms with Gasteiger partial charge in [0.2, 0.25) is 0 Å². The Bertz CT molecular complexity index is 2240. The molecule has 10 N–H and O–H groups in total. The zero-order valence-electron chi connectivity index (χ0n) is 29.7. The summed E-state index contributed by atoms with van der Waals surface area (Å²) in [4.78, 5) is 68.2. The van der Waals surface area contributed by atoms with Crippen molar-refractivity contribution >= 4 is 49.8 Å². The van der Waals surface area contributed by atoms with Gasteiger partial charge in [0.25, 0.3) is 11.1 Å². The normalized spacial score (nSPS) is 27.1. The molecule has 3 aliphatic rings. The van der Waals surface area contributed by atoms with Crippen LogP contribution in [0.25, 0.3) is 12.2 Å². The first-order valence-electron chi connectivity index (χ1n) is 16.9. The highest BCUT2D eigenvalue weighted by atomic mass is 79.9. The SMILES string of the molecule is Nc1nc(=O)n([C@H]2C[C@H](O)[C@@H](CO)O2)cc1/C=C/Br.O=c1[nH]c(=O)n([C@H]2C[C@H](O)[C@@H](CO)O2)cc1/C=C/Br.O=c1[nH]c(=O)n([C@H]2C[C@H](O)[C@@H](CO)O2)cc1C(F)(F)F. The number of alkyl halides is 3. The minimum Gasteiger partial charge on any atom is -0.394 e. The summed E-state index contributed by atoms with van der Waals surface area (Å²) in [6, 6.07) is 0. The maximum Gasteiger partial charge on any atom is 0.423 e. The van der Waals surface area contributed by atoms with Gasteiger partial charge < -0.3 is 50.6 Å². The van der Waals surface area contributed by atoms with Gasteiger partial charge >= 0.3 is 23.2 Å². The van der Waals surface area contributed by atoms with Crippen LogP contribution in [0.2, 0.25) is 0 Å². The van der Waals surface area contributed by atoms with E-state index in [2.05, 4.69) is 41.8 Å². The molecule has 0 aliphatic carbocycles. The number of aromatic amines is 2. The molecule has 3 aromatic heterocycles. The molecule has 0 aromatic carbocycles. The van der Waals surface area contributed by atoms with Crippen molar-refractivity contribution in [1.29, 1.82) is 0 Å². The highest BCUT2D eigenvalue weighted by Crippen LogP contribution is 2.31. The van der Waals surface area contributed by atoms with Crippen LogP contribution < -0.4 is 33.9 Å². The maximum absolute atomic E-state index is 12.6. The lowest BCUT2D eigenvalue weighted by atomic mass is 10.2. The van der Waals surface area contributed by atoms with E-state index in [1.165, 1.54) is 32.6 Å². The second-order valence-electron chi connectivity index (χ2n) is 12.7. The van der Waals surface area contributed by atoms with Crippen molar-refractivity contribution in [2.24, 2.45) is 0 Å². The summed E-state index contributed by atoms with van der Waals surface area (Å²) < 4.78 is 56.7. The second kappa shape index (κ2) is 20.2. The number of H-pyrrole nitrogens is 2. The molecule has 6 heterocycles. The predicted octanol–water partition coefficient (Wildman–Crippen LogP) is -1.43. The first-order chi connectivity index (χ1) is 27.4. The molecule has 6 rings (SSSR count). The molecule has 3 aromatic rings. The molecule has 3 saturated heterocycles. The molecule has 9 atom stereocenters. The third kappa shape index (κ3) is 11.1. The van der Waals surface area contributed by atoms with Crippen molar-refractivity contribution in [3.8, 4) is 0 Å². The van der Waals surface area contributed by atoms with E-state index in [1.54, 1.807) is 16.0 Å². The fraction of sp³-hybridized carbons (Fsp3) is 0.500. The van der Waals surface area contributed by atoms with Crippen molar-refractivity contribution in [1.82, 2.24) is 28.7 Å². The van der Waals surface area contributed by atoms with Crippen molar-refractivity contribution in [2.45, 2.75) is 80.7 Å². The zero-order valence-corrected chi connectivity index (χ0v) is 32.9. The van der Waals surface area contributed by atoms with Gasteiger partial charge in [0.15, 0.2) is 0 Å². The summed E-state index contributed by atoms with van der Waals surface area (Å²) in [5.41, 5.74) is 0.618. The van der Waals surface area contributed by atoms with Crippen molar-refractivity contribution < 1.29 is 58.0 Å². The number of nitrogen functional groups attached to an aromatic ring is 1. The number of aliphatic hydroxyl groups excluding tert-OH is 6. The zero-order chi connectivity index (χ0) is 43.1. The van der Waals surface area contributed by atoms with E-state index in [9.17, 15) is 52.5 Å². The molecule has 58 heavy (non-hydrogen) atoms. The van der Waals surface area contributed by atoms with E-state index in [-0.39, 0.29) is 43.9 Å². The molecular formula is C32H38Br2F3N7O14. The van der Waals surface area contributed by atoms with Gasteiger partial charge in [0, 0.05) is 43.4 Å². The molecule has 0 saturated carbocycles. The Morgan fingerprint density at radius 2 is 1.10 bits per heavy atom. The van der Waals surface area contributed by atoms with Gasteiger partial charge in [-0.1, -0.05) is 31.9 Å². The van der Waals surface area contributed by atoms with E-state index in [0.29, 0.717) is 16.3 Å². The molecule has 0 spiro atoms. The number of rotatable bonds is 8. The van der Waals surface area contributed by atoms with E-state index in [0.717, 1.165) is 0 Å². The number of anilines is 1. The van der Waals surface area contributed by atoms with E-state index < -0.39 is 102 Å². The van der Waals surface area contributed by atoms with E-state index in [1.807, 2.05) is 0 Å². The fourth-order valence-corrected chi connectivity index (χ4v) is 6.42. The second-order valence-corrected chi connectivity index (χ2v) is 13.7. The minimum absolute atomic E-state index is 0.120. The van der Waals surface area contributed by atoms with E-state index in [4.69, 9.17) is 35.3 Å². The third-order valence-corrected chi connectivity index (χ3v) is 9.38. The highest BCUT2D eigenvalue weighted by molar-refractivity contribution is 9.11. The fourth-order valence-electron chi connectivity index (χ4n) is 5.85. The van der Waals surface area contributed by atoms with Crippen LogP contribution in [0.5, 0.6) is 0 Å². The summed E-state index contributed by atoms with van der Waals surface area (Å²) >= 11 is 6.17. The molecule has 320 valence electrons. The lowest BCUT2D eigenvalue weighted by Gasteiger charge is -2.16. The predicted molar refractivity (Wildman–Crippen MR) is 201 cm³/mol. The lowest BCUT2D eigenvalue weighted by Crippen LogP contribution is -2.36. The molecule has 21 nitrogen and oxygen atoms in total. The Morgan fingerprint density at radius 3 is 1.52 bits per heavy atom. The van der Waals surface area contributed by atoms with Gasteiger partial charge in [-0.15, -0.1) is 0 Å². The van der Waals surface area contributed by atoms with Gasteiger partial charge in [-0.25, -0.2) is 14.4 Å². The van der Waals surface area contributed by atoms with Crippen LogP contribution in [0.1, 0.15) is 54.6 Å². The number of nitrogens with one attached hydrogen (secondary N) is 2. The summed E-state index contributed by atoms with van der Waals surface area (Å²) in [6.45, 7) is -1.17. The molecule has 0 radical (unpaired) electrons. The Balaban J connectivity index is 0.000000193. The van der Waals surface area contributed by atoms with Gasteiger partial charge in [-0.3, -0.25) is 33.3 Å². The number of aliphatic hydroxyl groups is 6. The van der Waals surface area contributed by atoms with Crippen LogP contribution >= 0.6 is 31.9 Å². The molecule has 26 heteroatoms. The van der Waals surface area contributed by atoms with Gasteiger partial charge in [-0.05, 0) is 22.1 Å². The third-order valence-electron chi connectivity index (χ3n) is 8.85. The number of ether oxygens (including phenoxy) is 3. The molecule has 0 unspecified atom stereocenters. The summed E-state index contributed by atoms with van der Waals surface area (Å²) in [5.74, 6) is 0.120. The van der Waals surface area contributed by atoms with E-state index >= 15 is 0 Å². The number of nitrogens with two attached hydrogens (primary N) is 1. The lowest BCUT2D eigenvalue weighted by molar-refractivity contribution is -0.139. The molecule has 0 amide bonds. The number of hydrogen-bond donors (Lipinski definition) is 9. The summed E-state index contributed by atoms with van der Waals surface area (Å²) in [7, 11) is 0. The van der Waals surface area contributed by atoms with Crippen LogP contribution in [0.4, 0.5) is 19.0 Å². The number of halogens is 5. The van der Waals surface area contributed by atoms with Crippen LogP contribution in [-0.2, 0) is 20.4 Å².